The average molecular weight is 347 g/mol. The van der Waals surface area contributed by atoms with E-state index in [1.807, 2.05) is 53.7 Å². The smallest absolute Gasteiger partial charge is 0.140 e. The number of hydrogen-bond acceptors (Lipinski definition) is 3. The molecule has 140 valence electrons. The van der Waals surface area contributed by atoms with Crippen LogP contribution in [0.1, 0.15) is 96.8 Å². The van der Waals surface area contributed by atoms with Crippen molar-refractivity contribution in [2.45, 2.75) is 90.9 Å². The molecular formula is C22H34O3. The summed E-state index contributed by atoms with van der Waals surface area (Å²) in [4.78, 5) is 23.9. The molecule has 0 bridgehead atoms. The number of phenols is 1. The maximum atomic E-state index is 12.7. The normalized spacial score (nSPS) is 13.6. The first-order valence-corrected chi connectivity index (χ1v) is 9.27. The number of phenolic OH excluding ortho intramolecular Hbond substituents is 1. The predicted molar refractivity (Wildman–Crippen MR) is 103 cm³/mol. The molecule has 3 nitrogen and oxygen atoms in total. The second kappa shape index (κ2) is 8.16. The Balaban J connectivity index is 3.55. The van der Waals surface area contributed by atoms with Crippen molar-refractivity contribution in [1.82, 2.24) is 0 Å². The summed E-state index contributed by atoms with van der Waals surface area (Å²) in [6.07, 6.45) is 3.31. The Morgan fingerprint density at radius 3 is 1.92 bits per heavy atom. The minimum absolute atomic E-state index is 0.111. The monoisotopic (exact) mass is 346 g/mol. The molecule has 1 aromatic rings. The Morgan fingerprint density at radius 1 is 1.08 bits per heavy atom. The highest BCUT2D eigenvalue weighted by Crippen LogP contribution is 2.41. The van der Waals surface area contributed by atoms with Gasteiger partial charge < -0.3 is 9.90 Å². The van der Waals surface area contributed by atoms with Gasteiger partial charge in [0.2, 0.25) is 0 Å². The maximum Gasteiger partial charge on any atom is 0.140 e. The molecule has 3 heteroatoms. The summed E-state index contributed by atoms with van der Waals surface area (Å²) in [6, 6.07) is 3.84. The molecule has 1 aromatic carbocycles. The Kier molecular flexibility index (Phi) is 6.99. The number of carbonyl (C=O) groups is 2. The quantitative estimate of drug-likeness (QED) is 0.671. The van der Waals surface area contributed by atoms with Crippen molar-refractivity contribution in [2.24, 2.45) is 0 Å². The van der Waals surface area contributed by atoms with E-state index in [0.717, 1.165) is 35.8 Å². The Morgan fingerprint density at radius 2 is 1.56 bits per heavy atom. The molecule has 0 aliphatic carbocycles. The third-order valence-corrected chi connectivity index (χ3v) is 4.65. The summed E-state index contributed by atoms with van der Waals surface area (Å²) in [6.45, 7) is 14.3. The van der Waals surface area contributed by atoms with Gasteiger partial charge in [-0.15, -0.1) is 0 Å². The number of unbranched alkanes of at least 4 members (excludes halogenated alkanes) is 1. The van der Waals surface area contributed by atoms with Gasteiger partial charge in [-0.1, -0.05) is 67.0 Å². The standard InChI is InChI=1S/C22H34O3/c1-8-9-10-19(24)16(11-12-23)15-13-17(21(2,3)4)20(25)18(14-15)22(5,6)7/h12-14,16,25H,8-11H2,1-7H3. The molecule has 0 aliphatic rings. The first kappa shape index (κ1) is 21.4. The van der Waals surface area contributed by atoms with E-state index in [1.165, 1.54) is 0 Å². The molecule has 1 rings (SSSR count). The summed E-state index contributed by atoms with van der Waals surface area (Å²) in [5, 5.41) is 10.8. The highest BCUT2D eigenvalue weighted by atomic mass is 16.3. The molecule has 1 N–H and O–H groups in total. The van der Waals surface area contributed by atoms with Crippen molar-refractivity contribution < 1.29 is 14.7 Å². The summed E-state index contributed by atoms with van der Waals surface area (Å²) < 4.78 is 0. The van der Waals surface area contributed by atoms with E-state index in [-0.39, 0.29) is 23.0 Å². The van der Waals surface area contributed by atoms with Gasteiger partial charge in [0.25, 0.3) is 0 Å². The second-order valence-electron chi connectivity index (χ2n) is 8.99. The van der Waals surface area contributed by atoms with Crippen LogP contribution in [0.25, 0.3) is 0 Å². The van der Waals surface area contributed by atoms with Gasteiger partial charge in [-0.05, 0) is 33.9 Å². The van der Waals surface area contributed by atoms with Gasteiger partial charge in [0.05, 0.1) is 0 Å². The lowest BCUT2D eigenvalue weighted by Crippen LogP contribution is -2.20. The van der Waals surface area contributed by atoms with Crippen LogP contribution in [0.15, 0.2) is 12.1 Å². The van der Waals surface area contributed by atoms with Gasteiger partial charge in [0.15, 0.2) is 0 Å². The average Bonchev–Trinajstić information content (AvgIpc) is 2.48. The largest absolute Gasteiger partial charge is 0.507 e. The molecular weight excluding hydrogens is 312 g/mol. The first-order chi connectivity index (χ1) is 11.4. The predicted octanol–water partition coefficient (Wildman–Crippen LogP) is 5.42. The number of ketones is 1. The minimum atomic E-state index is -0.424. The molecule has 0 heterocycles. The lowest BCUT2D eigenvalue weighted by Gasteiger charge is -2.29. The fourth-order valence-corrected chi connectivity index (χ4v) is 3.08. The number of carbonyl (C=O) groups excluding carboxylic acids is 2. The van der Waals surface area contributed by atoms with Crippen LogP contribution in [0.5, 0.6) is 5.75 Å². The lowest BCUT2D eigenvalue weighted by atomic mass is 9.76. The lowest BCUT2D eigenvalue weighted by molar-refractivity contribution is -0.122. The zero-order valence-corrected chi connectivity index (χ0v) is 16.9. The van der Waals surface area contributed by atoms with Crippen LogP contribution in [0.3, 0.4) is 0 Å². The molecule has 0 amide bonds. The van der Waals surface area contributed by atoms with Crippen molar-refractivity contribution in [1.29, 1.82) is 0 Å². The van der Waals surface area contributed by atoms with E-state index in [0.29, 0.717) is 12.2 Å². The molecule has 0 radical (unpaired) electrons. The van der Waals surface area contributed by atoms with Crippen LogP contribution >= 0.6 is 0 Å². The van der Waals surface area contributed by atoms with E-state index < -0.39 is 5.92 Å². The van der Waals surface area contributed by atoms with Gasteiger partial charge in [-0.25, -0.2) is 0 Å². The van der Waals surface area contributed by atoms with Gasteiger partial charge in [-0.2, -0.15) is 0 Å². The number of aromatic hydroxyl groups is 1. The fraction of sp³-hybridized carbons (Fsp3) is 0.636. The van der Waals surface area contributed by atoms with Crippen LogP contribution < -0.4 is 0 Å². The topological polar surface area (TPSA) is 54.4 Å². The summed E-state index contributed by atoms with van der Waals surface area (Å²) in [5.74, 6) is -0.0131. The number of Topliss-reactive ketones (excluding diaryl/α,β-unsaturated/α-hetero) is 1. The first-order valence-electron chi connectivity index (χ1n) is 9.27. The zero-order valence-electron chi connectivity index (χ0n) is 16.9. The summed E-state index contributed by atoms with van der Waals surface area (Å²) in [7, 11) is 0. The molecule has 0 aliphatic heterocycles. The zero-order chi connectivity index (χ0) is 19.4. The van der Waals surface area contributed by atoms with Crippen molar-refractivity contribution >= 4 is 12.1 Å². The van der Waals surface area contributed by atoms with Crippen LogP contribution in [0, 0.1) is 0 Å². The van der Waals surface area contributed by atoms with Gasteiger partial charge in [-0.3, -0.25) is 4.79 Å². The molecule has 0 aromatic heterocycles. The fourth-order valence-electron chi connectivity index (χ4n) is 3.08. The van der Waals surface area contributed by atoms with Crippen LogP contribution in [-0.4, -0.2) is 17.2 Å². The Bertz CT molecular complexity index is 580. The van der Waals surface area contributed by atoms with E-state index in [9.17, 15) is 14.7 Å². The molecule has 0 fully saturated rings. The highest BCUT2D eigenvalue weighted by Gasteiger charge is 2.29. The number of benzene rings is 1. The molecule has 1 unspecified atom stereocenters. The molecule has 0 saturated carbocycles. The molecule has 0 spiro atoms. The highest BCUT2D eigenvalue weighted by molar-refractivity contribution is 5.88. The minimum Gasteiger partial charge on any atom is -0.507 e. The molecule has 25 heavy (non-hydrogen) atoms. The Labute approximate surface area is 152 Å². The number of aldehydes is 1. The number of rotatable bonds is 7. The number of hydrogen-bond donors (Lipinski definition) is 1. The van der Waals surface area contributed by atoms with E-state index >= 15 is 0 Å². The van der Waals surface area contributed by atoms with Crippen molar-refractivity contribution in [3.8, 4) is 5.75 Å². The third-order valence-electron chi connectivity index (χ3n) is 4.65. The Hall–Kier alpha value is -1.64. The van der Waals surface area contributed by atoms with Crippen molar-refractivity contribution in [3.63, 3.8) is 0 Å². The third kappa shape index (κ3) is 5.42. The van der Waals surface area contributed by atoms with Gasteiger partial charge >= 0.3 is 0 Å². The van der Waals surface area contributed by atoms with Gasteiger partial charge in [0, 0.05) is 18.8 Å². The maximum absolute atomic E-state index is 12.7. The van der Waals surface area contributed by atoms with Crippen LogP contribution in [-0.2, 0) is 20.4 Å². The SMILES string of the molecule is CCCCC(=O)C(CC=O)c1cc(C(C)(C)C)c(O)c(C(C)(C)C)c1. The second-order valence-corrected chi connectivity index (χ2v) is 8.99. The summed E-state index contributed by atoms with van der Waals surface area (Å²) >= 11 is 0. The molecule has 0 saturated heterocycles. The van der Waals surface area contributed by atoms with E-state index in [4.69, 9.17) is 0 Å². The van der Waals surface area contributed by atoms with Crippen molar-refractivity contribution in [2.75, 3.05) is 0 Å². The van der Waals surface area contributed by atoms with Crippen LogP contribution in [0.2, 0.25) is 0 Å². The van der Waals surface area contributed by atoms with Crippen LogP contribution in [0.4, 0.5) is 0 Å². The van der Waals surface area contributed by atoms with Crippen molar-refractivity contribution in [3.05, 3.63) is 28.8 Å². The summed E-state index contributed by atoms with van der Waals surface area (Å²) in [5.41, 5.74) is 2.00. The molecule has 1 atom stereocenters. The van der Waals surface area contributed by atoms with Gasteiger partial charge in [0.1, 0.15) is 17.8 Å². The van der Waals surface area contributed by atoms with E-state index in [1.54, 1.807) is 0 Å². The van der Waals surface area contributed by atoms with E-state index in [2.05, 4.69) is 6.92 Å².